The van der Waals surface area contributed by atoms with E-state index in [1.165, 1.54) is 6.33 Å². The van der Waals surface area contributed by atoms with Gasteiger partial charge in [-0.15, -0.1) is 0 Å². The van der Waals surface area contributed by atoms with Crippen LogP contribution in [0.15, 0.2) is 18.6 Å². The molecular formula is C11H17N3O2. The van der Waals surface area contributed by atoms with Gasteiger partial charge in [-0.05, 0) is 33.8 Å². The average molecular weight is 223 g/mol. The van der Waals surface area contributed by atoms with E-state index in [4.69, 9.17) is 4.74 Å². The van der Waals surface area contributed by atoms with E-state index in [9.17, 15) is 4.79 Å². The molecule has 0 radical (unpaired) electrons. The van der Waals surface area contributed by atoms with Crippen molar-refractivity contribution in [2.45, 2.75) is 39.3 Å². The van der Waals surface area contributed by atoms with Crippen LogP contribution in [0.25, 0.3) is 0 Å². The first kappa shape index (κ1) is 12.4. The monoisotopic (exact) mass is 223 g/mol. The topological polar surface area (TPSA) is 64.1 Å². The van der Waals surface area contributed by atoms with Crippen LogP contribution in [-0.4, -0.2) is 21.7 Å². The lowest BCUT2D eigenvalue weighted by molar-refractivity contribution is 0.0507. The van der Waals surface area contributed by atoms with Crippen molar-refractivity contribution >= 4 is 6.09 Å². The quantitative estimate of drug-likeness (QED) is 0.833. The van der Waals surface area contributed by atoms with Crippen molar-refractivity contribution in [1.29, 1.82) is 0 Å². The normalized spacial score (nSPS) is 13.0. The average Bonchev–Trinajstić information content (AvgIpc) is 2.16. The second kappa shape index (κ2) is 4.92. The van der Waals surface area contributed by atoms with Crippen molar-refractivity contribution in [3.63, 3.8) is 0 Å². The summed E-state index contributed by atoms with van der Waals surface area (Å²) in [4.78, 5) is 19.3. The Kier molecular flexibility index (Phi) is 3.82. The first-order chi connectivity index (χ1) is 7.38. The number of alkyl carbamates (subject to hydrolysis) is 1. The van der Waals surface area contributed by atoms with Crippen LogP contribution in [0.4, 0.5) is 4.79 Å². The Bertz CT molecular complexity index is 346. The van der Waals surface area contributed by atoms with Gasteiger partial charge in [0.15, 0.2) is 0 Å². The number of ether oxygens (including phenoxy) is 1. The standard InChI is InChI=1S/C11H17N3O2/c1-8(9-5-6-12-7-13-9)14-10(15)16-11(2,3)4/h5-8H,1-4H3,(H,14,15). The SMILES string of the molecule is CC(NC(=O)OC(C)(C)C)c1ccncn1. The molecule has 1 rings (SSSR count). The summed E-state index contributed by atoms with van der Waals surface area (Å²) in [6, 6.07) is 1.56. The Morgan fingerprint density at radius 1 is 1.50 bits per heavy atom. The van der Waals surface area contributed by atoms with Gasteiger partial charge < -0.3 is 10.1 Å². The van der Waals surface area contributed by atoms with E-state index in [-0.39, 0.29) is 6.04 Å². The minimum absolute atomic E-state index is 0.196. The van der Waals surface area contributed by atoms with Crippen LogP contribution in [0.5, 0.6) is 0 Å². The van der Waals surface area contributed by atoms with E-state index < -0.39 is 11.7 Å². The van der Waals surface area contributed by atoms with E-state index in [0.717, 1.165) is 5.69 Å². The number of nitrogens with one attached hydrogen (secondary N) is 1. The Morgan fingerprint density at radius 3 is 2.69 bits per heavy atom. The van der Waals surface area contributed by atoms with Crippen molar-refractivity contribution in [2.75, 3.05) is 0 Å². The van der Waals surface area contributed by atoms with Gasteiger partial charge >= 0.3 is 6.09 Å². The molecule has 0 bridgehead atoms. The predicted molar refractivity (Wildman–Crippen MR) is 59.8 cm³/mol. The maximum absolute atomic E-state index is 11.5. The third kappa shape index (κ3) is 4.25. The molecule has 16 heavy (non-hydrogen) atoms. The third-order valence-electron chi connectivity index (χ3n) is 1.78. The van der Waals surface area contributed by atoms with Gasteiger partial charge in [-0.3, -0.25) is 0 Å². The van der Waals surface area contributed by atoms with Crippen LogP contribution in [-0.2, 0) is 4.74 Å². The molecule has 1 aromatic rings. The lowest BCUT2D eigenvalue weighted by atomic mass is 10.2. The maximum atomic E-state index is 11.5. The van der Waals surface area contributed by atoms with Crippen molar-refractivity contribution in [1.82, 2.24) is 15.3 Å². The second-order valence-corrected chi connectivity index (χ2v) is 4.50. The zero-order valence-electron chi connectivity index (χ0n) is 10.0. The molecule has 0 aliphatic rings. The first-order valence-corrected chi connectivity index (χ1v) is 5.14. The molecule has 1 aromatic heterocycles. The molecule has 0 aromatic carbocycles. The van der Waals surface area contributed by atoms with E-state index >= 15 is 0 Å². The highest BCUT2D eigenvalue weighted by atomic mass is 16.6. The molecule has 0 aliphatic carbocycles. The summed E-state index contributed by atoms with van der Waals surface area (Å²) < 4.78 is 5.14. The fourth-order valence-corrected chi connectivity index (χ4v) is 1.12. The lowest BCUT2D eigenvalue weighted by Gasteiger charge is -2.21. The Hall–Kier alpha value is -1.65. The van der Waals surface area contributed by atoms with Gasteiger partial charge in [-0.2, -0.15) is 0 Å². The van der Waals surface area contributed by atoms with Crippen LogP contribution >= 0.6 is 0 Å². The molecule has 0 aliphatic heterocycles. The Morgan fingerprint density at radius 2 is 2.19 bits per heavy atom. The fourth-order valence-electron chi connectivity index (χ4n) is 1.12. The number of rotatable bonds is 2. The highest BCUT2D eigenvalue weighted by molar-refractivity contribution is 5.68. The van der Waals surface area contributed by atoms with E-state index in [0.29, 0.717) is 0 Å². The summed E-state index contributed by atoms with van der Waals surface area (Å²) in [5, 5.41) is 2.70. The molecular weight excluding hydrogens is 206 g/mol. The van der Waals surface area contributed by atoms with Crippen LogP contribution in [0.1, 0.15) is 39.4 Å². The summed E-state index contributed by atoms with van der Waals surface area (Å²) >= 11 is 0. The van der Waals surface area contributed by atoms with Crippen LogP contribution in [0.2, 0.25) is 0 Å². The first-order valence-electron chi connectivity index (χ1n) is 5.14. The molecule has 0 saturated heterocycles. The lowest BCUT2D eigenvalue weighted by Crippen LogP contribution is -2.34. The van der Waals surface area contributed by atoms with Gasteiger partial charge in [0.25, 0.3) is 0 Å². The van der Waals surface area contributed by atoms with Crippen LogP contribution in [0.3, 0.4) is 0 Å². The molecule has 0 fully saturated rings. The van der Waals surface area contributed by atoms with Gasteiger partial charge in [-0.1, -0.05) is 0 Å². The van der Waals surface area contributed by atoms with Crippen molar-refractivity contribution in [3.05, 3.63) is 24.3 Å². The van der Waals surface area contributed by atoms with E-state index in [1.54, 1.807) is 12.3 Å². The summed E-state index contributed by atoms with van der Waals surface area (Å²) in [6.45, 7) is 7.30. The number of hydrogen-bond acceptors (Lipinski definition) is 4. The molecule has 0 spiro atoms. The number of nitrogens with zero attached hydrogens (tertiary/aromatic N) is 2. The zero-order chi connectivity index (χ0) is 12.2. The summed E-state index contributed by atoms with van der Waals surface area (Å²) in [7, 11) is 0. The fraction of sp³-hybridized carbons (Fsp3) is 0.545. The summed E-state index contributed by atoms with van der Waals surface area (Å²) in [6.07, 6.45) is 2.64. The zero-order valence-corrected chi connectivity index (χ0v) is 10.0. The smallest absolute Gasteiger partial charge is 0.408 e. The summed E-state index contributed by atoms with van der Waals surface area (Å²) in [5.74, 6) is 0. The molecule has 1 atom stereocenters. The van der Waals surface area contributed by atoms with Gasteiger partial charge in [-0.25, -0.2) is 14.8 Å². The van der Waals surface area contributed by atoms with Gasteiger partial charge in [0.1, 0.15) is 11.9 Å². The van der Waals surface area contributed by atoms with Gasteiger partial charge in [0.2, 0.25) is 0 Å². The van der Waals surface area contributed by atoms with Gasteiger partial charge in [0.05, 0.1) is 11.7 Å². The number of carbonyl (C=O) groups excluding carboxylic acids is 1. The van der Waals surface area contributed by atoms with Gasteiger partial charge in [0, 0.05) is 6.20 Å². The third-order valence-corrected chi connectivity index (χ3v) is 1.78. The Balaban J connectivity index is 2.52. The molecule has 5 nitrogen and oxygen atoms in total. The maximum Gasteiger partial charge on any atom is 0.408 e. The van der Waals surface area contributed by atoms with Crippen LogP contribution in [0, 0.1) is 0 Å². The van der Waals surface area contributed by atoms with E-state index in [1.807, 2.05) is 27.7 Å². The number of amides is 1. The number of hydrogen-bond donors (Lipinski definition) is 1. The van der Waals surface area contributed by atoms with Crippen LogP contribution < -0.4 is 5.32 Å². The minimum Gasteiger partial charge on any atom is -0.444 e. The molecule has 1 N–H and O–H groups in total. The summed E-state index contributed by atoms with van der Waals surface area (Å²) in [5.41, 5.74) is 0.260. The van der Waals surface area contributed by atoms with Crippen molar-refractivity contribution < 1.29 is 9.53 Å². The Labute approximate surface area is 95.3 Å². The van der Waals surface area contributed by atoms with Crippen molar-refractivity contribution in [3.8, 4) is 0 Å². The highest BCUT2D eigenvalue weighted by Crippen LogP contribution is 2.10. The molecule has 1 heterocycles. The number of carbonyl (C=O) groups is 1. The second-order valence-electron chi connectivity index (χ2n) is 4.50. The predicted octanol–water partition coefficient (Wildman–Crippen LogP) is 2.06. The molecule has 0 saturated carbocycles. The molecule has 88 valence electrons. The molecule has 1 amide bonds. The number of aromatic nitrogens is 2. The molecule has 5 heteroatoms. The van der Waals surface area contributed by atoms with Crippen molar-refractivity contribution in [2.24, 2.45) is 0 Å². The minimum atomic E-state index is -0.491. The largest absolute Gasteiger partial charge is 0.444 e. The highest BCUT2D eigenvalue weighted by Gasteiger charge is 2.18. The van der Waals surface area contributed by atoms with E-state index in [2.05, 4.69) is 15.3 Å². The molecule has 1 unspecified atom stereocenters.